The molecule has 0 atom stereocenters. The molecule has 128 valence electrons. The van der Waals surface area contributed by atoms with Crippen molar-refractivity contribution in [2.45, 2.75) is 13.1 Å². The molecular formula is C18H14F3N3S. The van der Waals surface area contributed by atoms with Crippen LogP contribution in [0.4, 0.5) is 18.3 Å². The number of thiazole rings is 1. The van der Waals surface area contributed by atoms with E-state index in [4.69, 9.17) is 0 Å². The van der Waals surface area contributed by atoms with Crippen LogP contribution < -0.4 is 5.43 Å². The summed E-state index contributed by atoms with van der Waals surface area (Å²) >= 11 is 1.44. The maximum atomic E-state index is 12.7. The number of hydrogen-bond acceptors (Lipinski definition) is 4. The summed E-state index contributed by atoms with van der Waals surface area (Å²) in [5.41, 5.74) is 4.31. The van der Waals surface area contributed by atoms with E-state index < -0.39 is 11.7 Å². The standard InChI is InChI=1S/C18H14F3N3S/c1-12-16(14-7-3-2-4-8-14)23-17(25-12)24-22-11-13-6-5-9-15(10-13)18(19,20)21/h2-11H,1H3,(H,23,24)/b22-11-. The Morgan fingerprint density at radius 2 is 1.84 bits per heavy atom. The van der Waals surface area contributed by atoms with E-state index in [1.807, 2.05) is 37.3 Å². The molecule has 0 saturated carbocycles. The highest BCUT2D eigenvalue weighted by Gasteiger charge is 2.30. The van der Waals surface area contributed by atoms with Gasteiger partial charge >= 0.3 is 6.18 Å². The molecule has 1 heterocycles. The Labute approximate surface area is 146 Å². The molecule has 2 aromatic carbocycles. The van der Waals surface area contributed by atoms with Gasteiger partial charge in [0.2, 0.25) is 5.13 Å². The summed E-state index contributed by atoms with van der Waals surface area (Å²) in [6.45, 7) is 1.96. The topological polar surface area (TPSA) is 37.3 Å². The van der Waals surface area contributed by atoms with Crippen LogP contribution in [-0.4, -0.2) is 11.2 Å². The van der Waals surface area contributed by atoms with E-state index in [-0.39, 0.29) is 0 Å². The van der Waals surface area contributed by atoms with E-state index >= 15 is 0 Å². The van der Waals surface area contributed by atoms with Gasteiger partial charge in [-0.3, -0.25) is 5.43 Å². The number of anilines is 1. The quantitative estimate of drug-likeness (QED) is 0.486. The maximum Gasteiger partial charge on any atom is 0.416 e. The number of aromatic nitrogens is 1. The molecule has 3 rings (SSSR count). The molecule has 0 bridgehead atoms. The second-order valence-corrected chi connectivity index (χ2v) is 6.49. The Hall–Kier alpha value is -2.67. The fourth-order valence-electron chi connectivity index (χ4n) is 2.27. The van der Waals surface area contributed by atoms with Crippen LogP contribution in [0.5, 0.6) is 0 Å². The molecule has 0 radical (unpaired) electrons. The summed E-state index contributed by atoms with van der Waals surface area (Å²) in [6, 6.07) is 14.7. The van der Waals surface area contributed by atoms with Gasteiger partial charge in [0, 0.05) is 10.4 Å². The van der Waals surface area contributed by atoms with E-state index in [1.165, 1.54) is 23.6 Å². The summed E-state index contributed by atoms with van der Waals surface area (Å²) in [7, 11) is 0. The summed E-state index contributed by atoms with van der Waals surface area (Å²) in [5, 5.41) is 4.57. The first-order valence-corrected chi connectivity index (χ1v) is 8.24. The number of hydrogen-bond donors (Lipinski definition) is 1. The van der Waals surface area contributed by atoms with E-state index in [1.54, 1.807) is 6.07 Å². The van der Waals surface area contributed by atoms with Gasteiger partial charge < -0.3 is 0 Å². The molecule has 0 aliphatic heterocycles. The largest absolute Gasteiger partial charge is 0.416 e. The minimum absolute atomic E-state index is 0.360. The summed E-state index contributed by atoms with van der Waals surface area (Å²) in [4.78, 5) is 5.51. The predicted molar refractivity (Wildman–Crippen MR) is 94.9 cm³/mol. The summed E-state index contributed by atoms with van der Waals surface area (Å²) in [5.74, 6) is 0. The normalized spacial score (nSPS) is 11.8. The monoisotopic (exact) mass is 361 g/mol. The van der Waals surface area contributed by atoms with Crippen LogP contribution in [-0.2, 0) is 6.18 Å². The predicted octanol–water partition coefficient (Wildman–Crippen LogP) is 5.58. The number of nitrogens with zero attached hydrogens (tertiary/aromatic N) is 2. The molecule has 1 aromatic heterocycles. The number of benzene rings is 2. The molecule has 0 fully saturated rings. The average Bonchev–Trinajstić information content (AvgIpc) is 2.96. The Morgan fingerprint density at radius 1 is 1.08 bits per heavy atom. The summed E-state index contributed by atoms with van der Waals surface area (Å²) < 4.78 is 38.1. The van der Waals surface area contributed by atoms with Gasteiger partial charge in [0.1, 0.15) is 0 Å². The van der Waals surface area contributed by atoms with Gasteiger partial charge in [-0.05, 0) is 24.6 Å². The van der Waals surface area contributed by atoms with Gasteiger partial charge in [-0.1, -0.05) is 42.5 Å². The first kappa shape index (κ1) is 17.2. The molecule has 3 aromatic rings. The van der Waals surface area contributed by atoms with E-state index in [2.05, 4.69) is 15.5 Å². The Kier molecular flexibility index (Phi) is 4.85. The Bertz CT molecular complexity index is 886. The van der Waals surface area contributed by atoms with E-state index in [0.29, 0.717) is 10.7 Å². The molecule has 0 amide bonds. The van der Waals surface area contributed by atoms with Gasteiger partial charge in [-0.2, -0.15) is 18.3 Å². The highest BCUT2D eigenvalue weighted by Crippen LogP contribution is 2.30. The van der Waals surface area contributed by atoms with Crippen molar-refractivity contribution in [3.8, 4) is 11.3 Å². The van der Waals surface area contributed by atoms with Gasteiger partial charge in [0.05, 0.1) is 17.5 Å². The van der Waals surface area contributed by atoms with Crippen molar-refractivity contribution in [3.05, 3.63) is 70.6 Å². The van der Waals surface area contributed by atoms with E-state index in [9.17, 15) is 13.2 Å². The van der Waals surface area contributed by atoms with Crippen LogP contribution in [0.2, 0.25) is 0 Å². The van der Waals surface area contributed by atoms with E-state index in [0.717, 1.165) is 28.3 Å². The summed E-state index contributed by atoms with van der Waals surface area (Å²) in [6.07, 6.45) is -3.03. The average molecular weight is 361 g/mol. The molecule has 7 heteroatoms. The zero-order valence-corrected chi connectivity index (χ0v) is 14.0. The number of aryl methyl sites for hydroxylation is 1. The third-order valence-electron chi connectivity index (χ3n) is 3.43. The van der Waals surface area contributed by atoms with Crippen molar-refractivity contribution in [2.24, 2.45) is 5.10 Å². The van der Waals surface area contributed by atoms with Gasteiger partial charge in [0.15, 0.2) is 0 Å². The lowest BCUT2D eigenvalue weighted by molar-refractivity contribution is -0.137. The first-order valence-electron chi connectivity index (χ1n) is 7.42. The zero-order chi connectivity index (χ0) is 17.9. The van der Waals surface area contributed by atoms with Gasteiger partial charge in [0.25, 0.3) is 0 Å². The minimum atomic E-state index is -4.37. The number of alkyl halides is 3. The smallest absolute Gasteiger partial charge is 0.253 e. The SMILES string of the molecule is Cc1sc(N/N=C\c2cccc(C(F)(F)F)c2)nc1-c1ccccc1. The molecule has 25 heavy (non-hydrogen) atoms. The van der Waals surface area contributed by atoms with Crippen molar-refractivity contribution in [3.63, 3.8) is 0 Å². The minimum Gasteiger partial charge on any atom is -0.253 e. The molecular weight excluding hydrogens is 347 g/mol. The van der Waals surface area contributed by atoms with Crippen LogP contribution in [0.3, 0.4) is 0 Å². The number of hydrazone groups is 1. The van der Waals surface area contributed by atoms with Crippen molar-refractivity contribution in [1.29, 1.82) is 0 Å². The highest BCUT2D eigenvalue weighted by molar-refractivity contribution is 7.15. The number of rotatable bonds is 4. The fourth-order valence-corrected chi connectivity index (χ4v) is 3.05. The molecule has 0 aliphatic rings. The lowest BCUT2D eigenvalue weighted by Gasteiger charge is -2.06. The molecule has 3 nitrogen and oxygen atoms in total. The van der Waals surface area contributed by atoms with Crippen molar-refractivity contribution in [2.75, 3.05) is 5.43 Å². The second kappa shape index (κ2) is 7.06. The molecule has 0 aliphatic carbocycles. The molecule has 0 saturated heterocycles. The van der Waals surface area contributed by atoms with Crippen molar-refractivity contribution < 1.29 is 13.2 Å². The third-order valence-corrected chi connectivity index (χ3v) is 4.31. The van der Waals surface area contributed by atoms with Crippen LogP contribution in [0.15, 0.2) is 59.7 Å². The lowest BCUT2D eigenvalue weighted by Crippen LogP contribution is -2.05. The lowest BCUT2D eigenvalue weighted by atomic mass is 10.1. The van der Waals surface area contributed by atoms with Crippen LogP contribution in [0.1, 0.15) is 16.0 Å². The number of halogens is 3. The Morgan fingerprint density at radius 3 is 2.56 bits per heavy atom. The van der Waals surface area contributed by atoms with Crippen molar-refractivity contribution in [1.82, 2.24) is 4.98 Å². The van der Waals surface area contributed by atoms with Crippen LogP contribution in [0.25, 0.3) is 11.3 Å². The third kappa shape index (κ3) is 4.24. The number of nitrogens with one attached hydrogen (secondary N) is 1. The Balaban J connectivity index is 1.73. The van der Waals surface area contributed by atoms with Gasteiger partial charge in [-0.15, -0.1) is 11.3 Å². The van der Waals surface area contributed by atoms with Crippen molar-refractivity contribution >= 4 is 22.7 Å². The highest BCUT2D eigenvalue weighted by atomic mass is 32.1. The molecule has 1 N–H and O–H groups in total. The zero-order valence-electron chi connectivity index (χ0n) is 13.2. The first-order chi connectivity index (χ1) is 11.9. The van der Waals surface area contributed by atoms with Crippen LogP contribution >= 0.6 is 11.3 Å². The van der Waals surface area contributed by atoms with Gasteiger partial charge in [-0.25, -0.2) is 4.98 Å². The maximum absolute atomic E-state index is 12.7. The molecule has 0 spiro atoms. The van der Waals surface area contributed by atoms with Crippen LogP contribution in [0, 0.1) is 6.92 Å². The fraction of sp³-hybridized carbons (Fsp3) is 0.111. The second-order valence-electron chi connectivity index (χ2n) is 5.28. The molecule has 0 unspecified atom stereocenters.